The van der Waals surface area contributed by atoms with E-state index in [1.165, 1.54) is 14.7 Å². The highest BCUT2D eigenvalue weighted by Crippen LogP contribution is 2.17. The van der Waals surface area contributed by atoms with Gasteiger partial charge in [0.05, 0.1) is 6.54 Å². The average Bonchev–Trinajstić information content (AvgIpc) is 3.30. The fourth-order valence-electron chi connectivity index (χ4n) is 4.12. The van der Waals surface area contributed by atoms with Gasteiger partial charge in [0.25, 0.3) is 5.56 Å². The van der Waals surface area contributed by atoms with Crippen LogP contribution in [0.15, 0.2) is 76.4 Å². The van der Waals surface area contributed by atoms with E-state index >= 15 is 0 Å². The molecule has 0 N–H and O–H groups in total. The van der Waals surface area contributed by atoms with Gasteiger partial charge in [-0.15, -0.1) is 0 Å². The minimum Gasteiger partial charge on any atom is -0.314 e. The second-order valence-corrected chi connectivity index (χ2v) is 7.83. The van der Waals surface area contributed by atoms with Crippen molar-refractivity contribution in [3.05, 3.63) is 105 Å². The minimum atomic E-state index is -0.366. The van der Waals surface area contributed by atoms with E-state index in [1.807, 2.05) is 66.1 Å². The van der Waals surface area contributed by atoms with Crippen LogP contribution >= 0.6 is 0 Å². The molecule has 0 fully saturated rings. The van der Waals surface area contributed by atoms with Gasteiger partial charge < -0.3 is 4.57 Å². The summed E-state index contributed by atoms with van der Waals surface area (Å²) < 4.78 is 6.66. The number of hydrogen-bond acceptors (Lipinski definition) is 3. The third kappa shape index (κ3) is 3.18. The molecule has 0 saturated heterocycles. The topological polar surface area (TPSA) is 66.2 Å². The minimum absolute atomic E-state index is 0.225. The highest BCUT2D eigenvalue weighted by Gasteiger charge is 2.20. The lowest BCUT2D eigenvalue weighted by Crippen LogP contribution is -2.39. The van der Waals surface area contributed by atoms with E-state index in [-0.39, 0.29) is 17.8 Å². The van der Waals surface area contributed by atoms with Crippen LogP contribution in [0.4, 0.5) is 0 Å². The Morgan fingerprint density at radius 1 is 0.871 bits per heavy atom. The number of benzene rings is 2. The first-order chi connectivity index (χ1) is 15.0. The fraction of sp³-hybridized carbons (Fsp3) is 0.208. The fourth-order valence-corrected chi connectivity index (χ4v) is 4.12. The molecular formula is C24H23N5O2. The van der Waals surface area contributed by atoms with E-state index in [0.29, 0.717) is 16.9 Å². The Balaban J connectivity index is 1.65. The van der Waals surface area contributed by atoms with Crippen LogP contribution in [0.5, 0.6) is 0 Å². The summed E-state index contributed by atoms with van der Waals surface area (Å²) in [6.45, 7) is 2.97. The van der Waals surface area contributed by atoms with Crippen LogP contribution in [0.2, 0.25) is 0 Å². The maximum absolute atomic E-state index is 13.4. The van der Waals surface area contributed by atoms with Crippen LogP contribution in [-0.2, 0) is 26.6 Å². The van der Waals surface area contributed by atoms with E-state index in [2.05, 4.69) is 16.7 Å². The summed E-state index contributed by atoms with van der Waals surface area (Å²) >= 11 is 0. The van der Waals surface area contributed by atoms with Gasteiger partial charge in [0.1, 0.15) is 0 Å². The number of nitrogens with zero attached hydrogens (tertiary/aromatic N) is 5. The Labute approximate surface area is 178 Å². The maximum Gasteiger partial charge on any atom is 0.332 e. The highest BCUT2D eigenvalue weighted by atomic mass is 16.2. The maximum atomic E-state index is 13.4. The summed E-state index contributed by atoms with van der Waals surface area (Å²) in [6.07, 6.45) is 2.78. The number of hydrogen-bond donors (Lipinski definition) is 0. The molecule has 0 saturated carbocycles. The van der Waals surface area contributed by atoms with Gasteiger partial charge in [0.15, 0.2) is 11.2 Å². The van der Waals surface area contributed by atoms with Crippen molar-refractivity contribution in [2.45, 2.75) is 26.4 Å². The first-order valence-electron chi connectivity index (χ1n) is 10.3. The molecule has 0 spiro atoms. The van der Waals surface area contributed by atoms with Gasteiger partial charge in [0.2, 0.25) is 5.78 Å². The van der Waals surface area contributed by atoms with Crippen molar-refractivity contribution in [1.29, 1.82) is 0 Å². The van der Waals surface area contributed by atoms with Gasteiger partial charge in [-0.25, -0.2) is 4.79 Å². The summed E-state index contributed by atoms with van der Waals surface area (Å²) in [5.74, 6) is 0.674. The van der Waals surface area contributed by atoms with Gasteiger partial charge in [-0.3, -0.25) is 18.3 Å². The number of aromatic nitrogens is 5. The lowest BCUT2D eigenvalue weighted by atomic mass is 10.1. The Morgan fingerprint density at radius 2 is 1.52 bits per heavy atom. The van der Waals surface area contributed by atoms with E-state index in [4.69, 9.17) is 4.98 Å². The summed E-state index contributed by atoms with van der Waals surface area (Å²) in [6, 6.07) is 19.8. The summed E-state index contributed by atoms with van der Waals surface area (Å²) in [5, 5.41) is 0. The van der Waals surface area contributed by atoms with E-state index in [9.17, 15) is 9.59 Å². The second-order valence-electron chi connectivity index (χ2n) is 7.83. The van der Waals surface area contributed by atoms with Crippen LogP contribution in [0.25, 0.3) is 16.9 Å². The van der Waals surface area contributed by atoms with Gasteiger partial charge in [-0.1, -0.05) is 60.7 Å². The normalized spacial score (nSPS) is 11.5. The Kier molecular flexibility index (Phi) is 4.58. The van der Waals surface area contributed by atoms with Crippen LogP contribution in [0.1, 0.15) is 16.8 Å². The number of fused-ring (bicyclic) bond motifs is 3. The summed E-state index contributed by atoms with van der Waals surface area (Å²) in [5.41, 5.74) is 3.30. The van der Waals surface area contributed by atoms with Gasteiger partial charge in [-0.05, 0) is 24.5 Å². The van der Waals surface area contributed by atoms with Crippen molar-refractivity contribution in [2.75, 3.05) is 0 Å². The molecule has 0 aliphatic heterocycles. The van der Waals surface area contributed by atoms with Gasteiger partial charge in [-0.2, -0.15) is 4.98 Å². The molecule has 0 amide bonds. The first kappa shape index (κ1) is 19.1. The van der Waals surface area contributed by atoms with Crippen molar-refractivity contribution >= 4 is 16.9 Å². The molecule has 0 unspecified atom stereocenters. The largest absolute Gasteiger partial charge is 0.332 e. The predicted molar refractivity (Wildman–Crippen MR) is 121 cm³/mol. The molecule has 0 radical (unpaired) electrons. The average molecular weight is 413 g/mol. The lowest BCUT2D eigenvalue weighted by molar-refractivity contribution is 0.656. The zero-order valence-corrected chi connectivity index (χ0v) is 17.5. The molecule has 5 aromatic rings. The lowest BCUT2D eigenvalue weighted by Gasteiger charge is -2.08. The molecule has 7 nitrogen and oxygen atoms in total. The standard InChI is InChI=1S/C24H23N5O2/c1-17-15-28-20-21(25-23(28)27(17)14-13-18-9-5-3-6-10-18)26(2)24(31)29(22(20)30)16-19-11-7-4-8-12-19/h3-12,15H,13-14,16H2,1-2H3. The third-order valence-electron chi connectivity index (χ3n) is 5.79. The Hall–Kier alpha value is -3.87. The van der Waals surface area contributed by atoms with Gasteiger partial charge in [0, 0.05) is 25.5 Å². The molecular weight excluding hydrogens is 390 g/mol. The summed E-state index contributed by atoms with van der Waals surface area (Å²) in [7, 11) is 1.67. The molecule has 2 aromatic carbocycles. The number of aryl methyl sites for hydroxylation is 4. The molecule has 0 aliphatic carbocycles. The highest BCUT2D eigenvalue weighted by molar-refractivity contribution is 5.75. The third-order valence-corrected chi connectivity index (χ3v) is 5.79. The van der Waals surface area contributed by atoms with E-state index in [1.54, 1.807) is 7.05 Å². The Morgan fingerprint density at radius 3 is 2.19 bits per heavy atom. The quantitative estimate of drug-likeness (QED) is 0.445. The Bertz CT molecular complexity index is 1500. The van der Waals surface area contributed by atoms with E-state index in [0.717, 1.165) is 24.2 Å². The smallest absolute Gasteiger partial charge is 0.314 e. The molecule has 31 heavy (non-hydrogen) atoms. The molecule has 0 bridgehead atoms. The molecule has 3 aromatic heterocycles. The second kappa shape index (κ2) is 7.43. The molecule has 3 heterocycles. The van der Waals surface area contributed by atoms with Crippen LogP contribution in [-0.4, -0.2) is 23.1 Å². The van der Waals surface area contributed by atoms with Crippen LogP contribution in [0, 0.1) is 6.92 Å². The van der Waals surface area contributed by atoms with Crippen molar-refractivity contribution in [3.63, 3.8) is 0 Å². The van der Waals surface area contributed by atoms with Crippen molar-refractivity contribution in [2.24, 2.45) is 7.05 Å². The zero-order chi connectivity index (χ0) is 21.5. The molecule has 0 aliphatic rings. The predicted octanol–water partition coefficient (Wildman–Crippen LogP) is 2.75. The number of rotatable bonds is 5. The van der Waals surface area contributed by atoms with Crippen molar-refractivity contribution < 1.29 is 0 Å². The van der Waals surface area contributed by atoms with Crippen LogP contribution in [0.3, 0.4) is 0 Å². The van der Waals surface area contributed by atoms with Gasteiger partial charge >= 0.3 is 5.69 Å². The molecule has 5 rings (SSSR count). The van der Waals surface area contributed by atoms with Crippen molar-refractivity contribution in [3.8, 4) is 0 Å². The summed E-state index contributed by atoms with van der Waals surface area (Å²) in [4.78, 5) is 31.0. The molecule has 156 valence electrons. The molecule has 0 atom stereocenters. The van der Waals surface area contributed by atoms with Crippen molar-refractivity contribution in [1.82, 2.24) is 23.1 Å². The first-order valence-corrected chi connectivity index (χ1v) is 10.3. The number of imidazole rings is 2. The van der Waals surface area contributed by atoms with E-state index < -0.39 is 0 Å². The SMILES string of the molecule is Cc1cn2c3c(=O)n(Cc4ccccc4)c(=O)n(C)c3nc2n1CCc1ccccc1. The van der Waals surface area contributed by atoms with Crippen LogP contribution < -0.4 is 11.2 Å². The molecule has 7 heteroatoms. The zero-order valence-electron chi connectivity index (χ0n) is 17.5. The monoisotopic (exact) mass is 413 g/mol.